The molecule has 0 aliphatic carbocycles. The standard InChI is InChI=1S/C51H76N10O6/c1-8-10-12-16-36(5)17-13-11-14-25-53-47-46-42(56-50(52)58-47)24-26-61(46)33-40-21-18-39(31-43(40)66-7)32-59-27-29-60(30-28-59)51(65)67-34-38-19-22-41(23-20-38)55-48(63)37(6)54-49(64)45(35(3)4)57-44(62)15-9-2/h18-24,26,31,35-37,45H,8-17,25,27-30,32-34H2,1-7H3,(H,54,64)(H,55,63)(H,57,62)(H3,52,53,56,58)/t36?,37-,45-/m0/s1. The summed E-state index contributed by atoms with van der Waals surface area (Å²) in [6.07, 6.45) is 12.7. The summed E-state index contributed by atoms with van der Waals surface area (Å²) in [6.45, 7) is 16.5. The number of nitrogens with one attached hydrogen (secondary N) is 4. The molecule has 2 aromatic heterocycles. The molecule has 3 heterocycles. The minimum absolute atomic E-state index is 0.0860. The van der Waals surface area contributed by atoms with Crippen LogP contribution >= 0.6 is 0 Å². The van der Waals surface area contributed by atoms with Gasteiger partial charge in [0.15, 0.2) is 5.82 Å². The number of fused-ring (bicyclic) bond motifs is 1. The molecule has 16 heteroatoms. The van der Waals surface area contributed by atoms with Gasteiger partial charge >= 0.3 is 6.09 Å². The Balaban J connectivity index is 1.05. The Morgan fingerprint density at radius 2 is 1.51 bits per heavy atom. The zero-order valence-electron chi connectivity index (χ0n) is 41.0. The van der Waals surface area contributed by atoms with E-state index in [0.717, 1.165) is 58.2 Å². The normalized spacial score (nSPS) is 14.4. The van der Waals surface area contributed by atoms with Crippen LogP contribution in [0.3, 0.4) is 0 Å². The van der Waals surface area contributed by atoms with Gasteiger partial charge in [-0.05, 0) is 67.0 Å². The largest absolute Gasteiger partial charge is 0.496 e. The van der Waals surface area contributed by atoms with Crippen LogP contribution in [0.2, 0.25) is 0 Å². The summed E-state index contributed by atoms with van der Waals surface area (Å²) >= 11 is 0. The number of hydrogen-bond donors (Lipinski definition) is 5. The molecule has 1 aliphatic rings. The Hall–Kier alpha value is -5.90. The van der Waals surface area contributed by atoms with Gasteiger partial charge in [-0.2, -0.15) is 4.98 Å². The molecule has 1 aliphatic heterocycles. The third-order valence-corrected chi connectivity index (χ3v) is 12.4. The summed E-state index contributed by atoms with van der Waals surface area (Å²) in [7, 11) is 1.70. The van der Waals surface area contributed by atoms with E-state index in [2.05, 4.69) is 72.7 Å². The number of rotatable bonds is 26. The molecule has 1 unspecified atom stereocenters. The van der Waals surface area contributed by atoms with Crippen LogP contribution in [0.15, 0.2) is 54.7 Å². The molecule has 1 saturated heterocycles. The minimum Gasteiger partial charge on any atom is -0.496 e. The molecule has 6 N–H and O–H groups in total. The number of piperazine rings is 1. The highest BCUT2D eigenvalue weighted by Gasteiger charge is 2.27. The van der Waals surface area contributed by atoms with Gasteiger partial charge in [-0.1, -0.05) is 104 Å². The molecule has 2 aromatic carbocycles. The number of nitrogen functional groups attached to an aromatic ring is 1. The lowest BCUT2D eigenvalue weighted by Gasteiger charge is -2.34. The van der Waals surface area contributed by atoms with Gasteiger partial charge in [0.1, 0.15) is 30.0 Å². The van der Waals surface area contributed by atoms with E-state index >= 15 is 0 Å². The molecule has 67 heavy (non-hydrogen) atoms. The van der Waals surface area contributed by atoms with Crippen LogP contribution in [0, 0.1) is 11.8 Å². The van der Waals surface area contributed by atoms with Gasteiger partial charge in [-0.25, -0.2) is 9.78 Å². The summed E-state index contributed by atoms with van der Waals surface area (Å²) < 4.78 is 13.7. The monoisotopic (exact) mass is 925 g/mol. The minimum atomic E-state index is -0.833. The molecule has 4 aromatic rings. The van der Waals surface area contributed by atoms with Gasteiger partial charge in [0.25, 0.3) is 0 Å². The van der Waals surface area contributed by atoms with E-state index in [1.165, 1.54) is 44.9 Å². The van der Waals surface area contributed by atoms with E-state index in [1.54, 1.807) is 43.2 Å². The maximum Gasteiger partial charge on any atom is 0.410 e. The van der Waals surface area contributed by atoms with Gasteiger partial charge in [0.05, 0.1) is 19.2 Å². The zero-order chi connectivity index (χ0) is 48.3. The molecule has 3 atom stereocenters. The fourth-order valence-corrected chi connectivity index (χ4v) is 8.36. The molecule has 4 amide bonds. The maximum atomic E-state index is 13.0. The Morgan fingerprint density at radius 1 is 0.791 bits per heavy atom. The van der Waals surface area contributed by atoms with Crippen molar-refractivity contribution >= 4 is 52.3 Å². The lowest BCUT2D eigenvalue weighted by atomic mass is 9.97. The number of hydrogen-bond acceptors (Lipinski definition) is 11. The van der Waals surface area contributed by atoms with Crippen molar-refractivity contribution < 1.29 is 28.7 Å². The Kier molecular flexibility index (Phi) is 20.6. The molecular weight excluding hydrogens is 849 g/mol. The molecule has 0 radical (unpaired) electrons. The first kappa shape index (κ1) is 52.1. The molecule has 0 bridgehead atoms. The van der Waals surface area contributed by atoms with Crippen molar-refractivity contribution in [3.05, 3.63) is 71.4 Å². The first-order chi connectivity index (χ1) is 32.3. The van der Waals surface area contributed by atoms with Crippen LogP contribution in [0.1, 0.15) is 122 Å². The van der Waals surface area contributed by atoms with Crippen LogP contribution < -0.4 is 31.7 Å². The zero-order valence-corrected chi connectivity index (χ0v) is 41.0. The van der Waals surface area contributed by atoms with Crippen molar-refractivity contribution in [3.63, 3.8) is 0 Å². The number of nitrogens with two attached hydrogens (primary N) is 1. The molecule has 366 valence electrons. The van der Waals surface area contributed by atoms with Crippen LogP contribution in [0.5, 0.6) is 5.75 Å². The topological polar surface area (TPSA) is 198 Å². The average molecular weight is 925 g/mol. The predicted molar refractivity (Wildman–Crippen MR) is 266 cm³/mol. The Labute approximate surface area is 397 Å². The lowest BCUT2D eigenvalue weighted by molar-refractivity contribution is -0.131. The number of carbonyl (C=O) groups is 4. The molecule has 0 spiro atoms. The number of unbranched alkanes of at least 4 members (excludes halogenated alkanes) is 4. The van der Waals surface area contributed by atoms with Gasteiger partial charge in [-0.3, -0.25) is 19.3 Å². The summed E-state index contributed by atoms with van der Waals surface area (Å²) in [4.78, 5) is 64.1. The van der Waals surface area contributed by atoms with Gasteiger partial charge < -0.3 is 45.9 Å². The third-order valence-electron chi connectivity index (χ3n) is 12.4. The summed E-state index contributed by atoms with van der Waals surface area (Å²) in [6, 6.07) is 13.8. The van der Waals surface area contributed by atoms with Crippen molar-refractivity contribution in [2.45, 2.75) is 138 Å². The number of ether oxygens (including phenoxy) is 2. The average Bonchev–Trinajstić information content (AvgIpc) is 3.71. The second-order valence-electron chi connectivity index (χ2n) is 18.4. The first-order valence-corrected chi connectivity index (χ1v) is 24.4. The van der Waals surface area contributed by atoms with E-state index in [-0.39, 0.29) is 30.5 Å². The van der Waals surface area contributed by atoms with Crippen molar-refractivity contribution in [1.29, 1.82) is 0 Å². The number of benzene rings is 2. The molecule has 1 fully saturated rings. The first-order valence-electron chi connectivity index (χ1n) is 24.4. The lowest BCUT2D eigenvalue weighted by Crippen LogP contribution is -2.53. The van der Waals surface area contributed by atoms with E-state index in [9.17, 15) is 19.2 Å². The number of aromatic nitrogens is 3. The number of amides is 4. The second-order valence-corrected chi connectivity index (χ2v) is 18.4. The number of nitrogens with zero attached hydrogens (tertiary/aromatic N) is 5. The SMILES string of the molecule is CCCCCC(C)CCCCCNc1nc(N)nc2ccn(Cc3ccc(CN4CCN(C(=O)OCc5ccc(NC(=O)[C@H](C)NC(=O)[C@@H](NC(=O)CCC)C(C)C)cc5)CC4)cc3OC)c12. The van der Waals surface area contributed by atoms with Gasteiger partial charge in [-0.15, -0.1) is 0 Å². The van der Waals surface area contributed by atoms with Crippen molar-refractivity contribution in [2.75, 3.05) is 56.2 Å². The molecule has 5 rings (SSSR count). The number of methoxy groups -OCH3 is 1. The fourth-order valence-electron chi connectivity index (χ4n) is 8.36. The highest BCUT2D eigenvalue weighted by Crippen LogP contribution is 2.28. The third kappa shape index (κ3) is 16.1. The summed E-state index contributed by atoms with van der Waals surface area (Å²) in [5.74, 6) is 1.44. The summed E-state index contributed by atoms with van der Waals surface area (Å²) in [5.41, 5.74) is 11.3. The maximum absolute atomic E-state index is 13.0. The number of carbonyl (C=O) groups excluding carboxylic acids is 4. The highest BCUT2D eigenvalue weighted by molar-refractivity contribution is 5.98. The fraction of sp³-hybridized carbons (Fsp3) is 0.569. The van der Waals surface area contributed by atoms with Crippen molar-refractivity contribution in [1.82, 2.24) is 35.0 Å². The van der Waals surface area contributed by atoms with E-state index in [1.807, 2.05) is 33.0 Å². The van der Waals surface area contributed by atoms with Crippen LogP contribution in [0.4, 0.5) is 22.2 Å². The van der Waals surface area contributed by atoms with Gasteiger partial charge in [0, 0.05) is 63.1 Å². The molecule has 16 nitrogen and oxygen atoms in total. The van der Waals surface area contributed by atoms with Crippen LogP contribution in [0.25, 0.3) is 11.0 Å². The Morgan fingerprint density at radius 3 is 2.19 bits per heavy atom. The van der Waals surface area contributed by atoms with Crippen molar-refractivity contribution in [2.24, 2.45) is 11.8 Å². The highest BCUT2D eigenvalue weighted by atomic mass is 16.6. The van der Waals surface area contributed by atoms with E-state index < -0.39 is 23.9 Å². The van der Waals surface area contributed by atoms with Crippen LogP contribution in [-0.4, -0.2) is 100 Å². The Bertz CT molecular complexity index is 2200. The second kappa shape index (κ2) is 26.4. The van der Waals surface area contributed by atoms with Crippen LogP contribution in [-0.2, 0) is 38.8 Å². The smallest absolute Gasteiger partial charge is 0.410 e. The predicted octanol–water partition coefficient (Wildman–Crippen LogP) is 8.10. The van der Waals surface area contributed by atoms with E-state index in [4.69, 9.17) is 15.2 Å². The van der Waals surface area contributed by atoms with E-state index in [0.29, 0.717) is 57.8 Å². The van der Waals surface area contributed by atoms with Crippen molar-refractivity contribution in [3.8, 4) is 5.75 Å². The number of anilines is 3. The molecule has 0 saturated carbocycles. The molecular formula is C51H76N10O6. The summed E-state index contributed by atoms with van der Waals surface area (Å²) in [5, 5.41) is 11.8. The van der Waals surface area contributed by atoms with Gasteiger partial charge in [0.2, 0.25) is 23.7 Å². The quantitative estimate of drug-likeness (QED) is 0.0382.